The van der Waals surface area contributed by atoms with E-state index < -0.39 is 21.6 Å². The third kappa shape index (κ3) is 4.45. The Kier molecular flexibility index (Phi) is 6.14. The molecule has 8 nitrogen and oxygen atoms in total. The van der Waals surface area contributed by atoms with E-state index in [-0.39, 0.29) is 30.2 Å². The van der Waals surface area contributed by atoms with Gasteiger partial charge in [-0.25, -0.2) is 18.0 Å². The molecule has 1 aromatic heterocycles. The number of sulfonamides is 1. The van der Waals surface area contributed by atoms with E-state index in [1.165, 1.54) is 34.6 Å². The van der Waals surface area contributed by atoms with Gasteiger partial charge in [0.15, 0.2) is 0 Å². The van der Waals surface area contributed by atoms with Crippen LogP contribution in [0.15, 0.2) is 56.6 Å². The van der Waals surface area contributed by atoms with Crippen LogP contribution in [-0.2, 0) is 26.1 Å². The number of esters is 1. The number of fused-ring (bicyclic) bond motifs is 1. The first kappa shape index (κ1) is 22.2. The fraction of sp³-hybridized carbons (Fsp3) is 0.304. The number of rotatable bonds is 5. The van der Waals surface area contributed by atoms with Crippen molar-refractivity contribution in [2.75, 3.05) is 26.3 Å². The molecule has 2 aromatic carbocycles. The quantitative estimate of drug-likeness (QED) is 0.429. The highest BCUT2D eigenvalue weighted by atomic mass is 32.2. The number of ether oxygens (including phenoxy) is 2. The highest BCUT2D eigenvalue weighted by Gasteiger charge is 2.27. The summed E-state index contributed by atoms with van der Waals surface area (Å²) in [5, 5.41) is 0.684. The number of nitrogens with zero attached hydrogens (tertiary/aromatic N) is 1. The van der Waals surface area contributed by atoms with Gasteiger partial charge in [0.05, 0.1) is 23.7 Å². The lowest BCUT2D eigenvalue weighted by atomic mass is 10.0. The molecule has 1 saturated heterocycles. The van der Waals surface area contributed by atoms with Gasteiger partial charge in [0.2, 0.25) is 10.0 Å². The number of aryl methyl sites for hydroxylation is 2. The second-order valence-corrected chi connectivity index (χ2v) is 9.58. The zero-order chi connectivity index (χ0) is 22.9. The van der Waals surface area contributed by atoms with Crippen LogP contribution in [0, 0.1) is 13.8 Å². The Balaban J connectivity index is 1.56. The SMILES string of the molecule is Cc1cc2oc(=O)cc(COC(=O)c3cccc(S(=O)(=O)N4CCOCC4)c3)c2cc1C. The van der Waals surface area contributed by atoms with Crippen LogP contribution in [0.25, 0.3) is 11.0 Å². The molecule has 4 rings (SSSR count). The average Bonchev–Trinajstić information content (AvgIpc) is 2.79. The van der Waals surface area contributed by atoms with Gasteiger partial charge in [0.1, 0.15) is 12.2 Å². The summed E-state index contributed by atoms with van der Waals surface area (Å²) in [7, 11) is -3.74. The van der Waals surface area contributed by atoms with Crippen LogP contribution in [0.1, 0.15) is 27.0 Å². The van der Waals surface area contributed by atoms with Crippen molar-refractivity contribution in [3.8, 4) is 0 Å². The van der Waals surface area contributed by atoms with Crippen LogP contribution in [0.3, 0.4) is 0 Å². The second-order valence-electron chi connectivity index (χ2n) is 7.64. The molecule has 1 aliphatic rings. The maximum atomic E-state index is 12.9. The Labute approximate surface area is 185 Å². The van der Waals surface area contributed by atoms with E-state index >= 15 is 0 Å². The molecule has 0 spiro atoms. The van der Waals surface area contributed by atoms with Crippen molar-refractivity contribution >= 4 is 27.0 Å². The van der Waals surface area contributed by atoms with Crippen LogP contribution < -0.4 is 5.63 Å². The summed E-state index contributed by atoms with van der Waals surface area (Å²) >= 11 is 0. The van der Waals surface area contributed by atoms with E-state index in [9.17, 15) is 18.0 Å². The standard InChI is InChI=1S/C23H23NO7S/c1-15-10-20-18(13-22(25)31-21(20)11-16(15)2)14-30-23(26)17-4-3-5-19(12-17)32(27,28)24-6-8-29-9-7-24/h3-5,10-13H,6-9,14H2,1-2H3. The van der Waals surface area contributed by atoms with Crippen LogP contribution in [-0.4, -0.2) is 45.0 Å². The minimum atomic E-state index is -3.74. The normalized spacial score (nSPS) is 15.1. The number of hydrogen-bond acceptors (Lipinski definition) is 7. The lowest BCUT2D eigenvalue weighted by molar-refractivity contribution is 0.0473. The van der Waals surface area contributed by atoms with Gasteiger partial charge in [-0.15, -0.1) is 0 Å². The summed E-state index contributed by atoms with van der Waals surface area (Å²) in [5.74, 6) is -0.686. The predicted octanol–water partition coefficient (Wildman–Crippen LogP) is 2.79. The van der Waals surface area contributed by atoms with E-state index in [1.807, 2.05) is 19.9 Å². The molecule has 0 radical (unpaired) electrons. The molecule has 2 heterocycles. The number of benzene rings is 2. The molecule has 0 unspecified atom stereocenters. The summed E-state index contributed by atoms with van der Waals surface area (Å²) in [6.07, 6.45) is 0. The zero-order valence-corrected chi connectivity index (χ0v) is 18.6. The third-order valence-corrected chi connectivity index (χ3v) is 7.38. The summed E-state index contributed by atoms with van der Waals surface area (Å²) in [4.78, 5) is 24.6. The van der Waals surface area contributed by atoms with Gasteiger partial charge in [-0.1, -0.05) is 6.07 Å². The maximum Gasteiger partial charge on any atom is 0.338 e. The lowest BCUT2D eigenvalue weighted by Gasteiger charge is -2.26. The lowest BCUT2D eigenvalue weighted by Crippen LogP contribution is -2.40. The Morgan fingerprint density at radius 2 is 1.78 bits per heavy atom. The molecule has 0 atom stereocenters. The highest BCUT2D eigenvalue weighted by molar-refractivity contribution is 7.89. The molecular formula is C23H23NO7S. The van der Waals surface area contributed by atoms with Gasteiger partial charge in [-0.05, 0) is 55.3 Å². The fourth-order valence-electron chi connectivity index (χ4n) is 3.55. The summed E-state index contributed by atoms with van der Waals surface area (Å²) < 4.78 is 42.9. The molecule has 168 valence electrons. The van der Waals surface area contributed by atoms with Gasteiger partial charge >= 0.3 is 11.6 Å². The van der Waals surface area contributed by atoms with Crippen molar-refractivity contribution in [3.63, 3.8) is 0 Å². The monoisotopic (exact) mass is 457 g/mol. The number of carbonyl (C=O) groups is 1. The average molecular weight is 458 g/mol. The van der Waals surface area contributed by atoms with Crippen molar-refractivity contribution in [2.24, 2.45) is 0 Å². The van der Waals surface area contributed by atoms with Crippen LogP contribution in [0.2, 0.25) is 0 Å². The minimum Gasteiger partial charge on any atom is -0.457 e. The number of carbonyl (C=O) groups excluding carboxylic acids is 1. The van der Waals surface area contributed by atoms with Gasteiger partial charge in [0, 0.05) is 30.1 Å². The van der Waals surface area contributed by atoms with Gasteiger partial charge < -0.3 is 13.9 Å². The number of morpholine rings is 1. The van der Waals surface area contributed by atoms with Gasteiger partial charge in [-0.2, -0.15) is 4.31 Å². The highest BCUT2D eigenvalue weighted by Crippen LogP contribution is 2.23. The Morgan fingerprint density at radius 3 is 2.53 bits per heavy atom. The van der Waals surface area contributed by atoms with Crippen molar-refractivity contribution in [3.05, 3.63) is 75.1 Å². The first-order chi connectivity index (χ1) is 15.3. The van der Waals surface area contributed by atoms with Crippen LogP contribution >= 0.6 is 0 Å². The van der Waals surface area contributed by atoms with Crippen molar-refractivity contribution in [1.82, 2.24) is 4.31 Å². The largest absolute Gasteiger partial charge is 0.457 e. The Hall–Kier alpha value is -3.01. The molecular weight excluding hydrogens is 434 g/mol. The first-order valence-electron chi connectivity index (χ1n) is 10.1. The predicted molar refractivity (Wildman–Crippen MR) is 117 cm³/mol. The summed E-state index contributed by atoms with van der Waals surface area (Å²) in [6.45, 7) is 4.90. The van der Waals surface area contributed by atoms with Crippen molar-refractivity contribution in [2.45, 2.75) is 25.3 Å². The van der Waals surface area contributed by atoms with Crippen LogP contribution in [0.4, 0.5) is 0 Å². The Morgan fingerprint density at radius 1 is 1.06 bits per heavy atom. The molecule has 3 aromatic rings. The van der Waals surface area contributed by atoms with E-state index in [0.717, 1.165) is 11.1 Å². The summed E-state index contributed by atoms with van der Waals surface area (Å²) in [6, 6.07) is 10.7. The van der Waals surface area contributed by atoms with Crippen LogP contribution in [0.5, 0.6) is 0 Å². The molecule has 9 heteroatoms. The molecule has 0 N–H and O–H groups in total. The second kappa shape index (κ2) is 8.85. The summed E-state index contributed by atoms with van der Waals surface area (Å²) in [5.41, 5.74) is 2.51. The van der Waals surface area contributed by atoms with Crippen molar-refractivity contribution < 1.29 is 27.1 Å². The fourth-order valence-corrected chi connectivity index (χ4v) is 5.00. The molecule has 0 amide bonds. The van der Waals surface area contributed by atoms with E-state index in [2.05, 4.69) is 0 Å². The smallest absolute Gasteiger partial charge is 0.338 e. The van der Waals surface area contributed by atoms with E-state index in [0.29, 0.717) is 29.7 Å². The van der Waals surface area contributed by atoms with Crippen molar-refractivity contribution in [1.29, 1.82) is 0 Å². The topological polar surface area (TPSA) is 103 Å². The molecule has 1 fully saturated rings. The molecule has 0 bridgehead atoms. The van der Waals surface area contributed by atoms with E-state index in [1.54, 1.807) is 6.07 Å². The molecule has 0 aliphatic carbocycles. The van der Waals surface area contributed by atoms with E-state index in [4.69, 9.17) is 13.9 Å². The number of hydrogen-bond donors (Lipinski definition) is 0. The minimum absolute atomic E-state index is 0.0192. The molecule has 1 aliphatic heterocycles. The zero-order valence-electron chi connectivity index (χ0n) is 17.8. The molecule has 0 saturated carbocycles. The first-order valence-corrected chi connectivity index (χ1v) is 11.6. The third-order valence-electron chi connectivity index (χ3n) is 5.48. The maximum absolute atomic E-state index is 12.9. The van der Waals surface area contributed by atoms with Gasteiger partial charge in [0.25, 0.3) is 0 Å². The van der Waals surface area contributed by atoms with Gasteiger partial charge in [-0.3, -0.25) is 0 Å². The Bertz CT molecular complexity index is 1340. The molecule has 32 heavy (non-hydrogen) atoms.